The number of carbonyl (C=O) groups excluding carboxylic acids is 6. The summed E-state index contributed by atoms with van der Waals surface area (Å²) in [5.41, 5.74) is 2.47. The van der Waals surface area contributed by atoms with Crippen molar-refractivity contribution in [3.05, 3.63) is 143 Å². The minimum Gasteiger partial charge on any atom is -0.464 e. The molecule has 0 aliphatic carbocycles. The minimum absolute atomic E-state index is 0.148. The number of aryl methyl sites for hydroxylation is 1. The summed E-state index contributed by atoms with van der Waals surface area (Å²) in [5, 5.41) is 9.57. The third-order valence-corrected chi connectivity index (χ3v) is 8.14. The summed E-state index contributed by atoms with van der Waals surface area (Å²) in [6.07, 6.45) is 1.44. The lowest BCUT2D eigenvalue weighted by Gasteiger charge is -2.14. The Bertz CT molecular complexity index is 1980. The molecular weight excluding hydrogens is 776 g/mol. The highest BCUT2D eigenvalue weighted by Gasteiger charge is 2.19. The Morgan fingerprint density at radius 1 is 0.508 bits per heavy atom. The summed E-state index contributed by atoms with van der Waals surface area (Å²) in [7, 11) is 0. The molecule has 0 saturated heterocycles. The second kappa shape index (κ2) is 24.9. The van der Waals surface area contributed by atoms with Crippen LogP contribution in [0.2, 0.25) is 0 Å². The van der Waals surface area contributed by atoms with Crippen LogP contribution in [0, 0.1) is 23.3 Å². The van der Waals surface area contributed by atoms with Gasteiger partial charge in [0.15, 0.2) is 0 Å². The molecule has 0 aromatic heterocycles. The Kier molecular flexibility index (Phi) is 19.8. The van der Waals surface area contributed by atoms with E-state index in [9.17, 15) is 46.3 Å². The highest BCUT2D eigenvalue weighted by Crippen LogP contribution is 2.10. The monoisotopic (exact) mass is 822 g/mol. The van der Waals surface area contributed by atoms with E-state index in [1.165, 1.54) is 13.8 Å². The zero-order valence-corrected chi connectivity index (χ0v) is 32.5. The fraction of sp³-hybridized carbons (Fsp3) is 0.302. The van der Waals surface area contributed by atoms with Gasteiger partial charge in [-0.2, -0.15) is 0 Å². The van der Waals surface area contributed by atoms with E-state index in [2.05, 4.69) is 21.3 Å². The number of rotatable bonds is 19. The third kappa shape index (κ3) is 19.4. The lowest BCUT2D eigenvalue weighted by Crippen LogP contribution is -2.46. The molecule has 12 nitrogen and oxygen atoms in total. The molecule has 4 rings (SSSR count). The van der Waals surface area contributed by atoms with Crippen molar-refractivity contribution < 1.29 is 55.8 Å². The van der Waals surface area contributed by atoms with Crippen LogP contribution in [0.25, 0.3) is 0 Å². The number of hydrogen-bond acceptors (Lipinski definition) is 8. The van der Waals surface area contributed by atoms with Gasteiger partial charge in [0, 0.05) is 18.6 Å². The molecule has 2 atom stereocenters. The lowest BCUT2D eigenvalue weighted by atomic mass is 10.1. The van der Waals surface area contributed by atoms with Crippen LogP contribution in [-0.4, -0.2) is 74.0 Å². The normalized spacial score (nSPS) is 11.4. The second-order valence-electron chi connectivity index (χ2n) is 13.2. The van der Waals surface area contributed by atoms with Crippen molar-refractivity contribution in [2.45, 2.75) is 58.0 Å². The molecule has 0 aliphatic rings. The molecule has 314 valence electrons. The number of nitrogens with one attached hydrogen (secondary N) is 4. The molecule has 0 bridgehead atoms. The lowest BCUT2D eigenvalue weighted by molar-refractivity contribution is -0.144. The summed E-state index contributed by atoms with van der Waals surface area (Å²) >= 11 is 0. The van der Waals surface area contributed by atoms with E-state index in [-0.39, 0.29) is 50.3 Å². The zero-order chi connectivity index (χ0) is 43.2. The fourth-order valence-electron chi connectivity index (χ4n) is 5.27. The molecule has 0 aliphatic heterocycles. The van der Waals surface area contributed by atoms with Crippen LogP contribution in [-0.2, 0) is 63.9 Å². The number of esters is 2. The van der Waals surface area contributed by atoms with Crippen LogP contribution in [0.5, 0.6) is 0 Å². The first-order valence-electron chi connectivity index (χ1n) is 18.6. The molecule has 4 amide bonds. The highest BCUT2D eigenvalue weighted by atomic mass is 19.1. The van der Waals surface area contributed by atoms with Crippen molar-refractivity contribution in [3.63, 3.8) is 0 Å². The van der Waals surface area contributed by atoms with E-state index < -0.39 is 70.9 Å². The van der Waals surface area contributed by atoms with Crippen LogP contribution >= 0.6 is 0 Å². The summed E-state index contributed by atoms with van der Waals surface area (Å²) in [6, 6.07) is 23.0. The van der Waals surface area contributed by atoms with E-state index in [1.54, 1.807) is 0 Å². The van der Waals surface area contributed by atoms with Gasteiger partial charge in [0.2, 0.25) is 23.6 Å². The van der Waals surface area contributed by atoms with E-state index in [1.807, 2.05) is 60.7 Å². The summed E-state index contributed by atoms with van der Waals surface area (Å²) in [4.78, 5) is 71.3. The third-order valence-electron chi connectivity index (χ3n) is 8.14. The molecule has 0 spiro atoms. The Labute approximate surface area is 339 Å². The van der Waals surface area contributed by atoms with Crippen molar-refractivity contribution >= 4 is 35.6 Å². The molecule has 0 saturated carbocycles. The second-order valence-corrected chi connectivity index (χ2v) is 13.2. The van der Waals surface area contributed by atoms with Crippen molar-refractivity contribution in [2.24, 2.45) is 0 Å². The highest BCUT2D eigenvalue weighted by molar-refractivity contribution is 5.90. The first-order valence-corrected chi connectivity index (χ1v) is 18.6. The van der Waals surface area contributed by atoms with Crippen molar-refractivity contribution in [2.75, 3.05) is 26.3 Å². The van der Waals surface area contributed by atoms with Gasteiger partial charge in [-0.15, -0.1) is 0 Å². The number of carbonyl (C=O) groups is 6. The summed E-state index contributed by atoms with van der Waals surface area (Å²) < 4.78 is 62.7. The zero-order valence-electron chi connectivity index (χ0n) is 32.5. The average Bonchev–Trinajstić information content (AvgIpc) is 3.17. The van der Waals surface area contributed by atoms with Crippen molar-refractivity contribution in [1.29, 1.82) is 0 Å². The summed E-state index contributed by atoms with van der Waals surface area (Å²) in [5.74, 6) is -6.63. The molecular formula is C43H46F4N4O8. The number of ether oxygens (including phenoxy) is 2. The minimum atomic E-state index is -0.932. The molecule has 4 aromatic rings. The number of benzene rings is 4. The molecule has 16 heteroatoms. The van der Waals surface area contributed by atoms with Gasteiger partial charge < -0.3 is 30.7 Å². The van der Waals surface area contributed by atoms with Gasteiger partial charge in [-0.05, 0) is 73.2 Å². The Balaban J connectivity index is 0.000000316. The summed E-state index contributed by atoms with van der Waals surface area (Å²) in [6.45, 7) is 2.64. The Morgan fingerprint density at radius 3 is 1.29 bits per heavy atom. The van der Waals surface area contributed by atoms with Crippen molar-refractivity contribution in [1.82, 2.24) is 21.3 Å². The van der Waals surface area contributed by atoms with Crippen LogP contribution in [0.1, 0.15) is 42.5 Å². The van der Waals surface area contributed by atoms with Gasteiger partial charge in [-0.3, -0.25) is 28.8 Å². The van der Waals surface area contributed by atoms with E-state index >= 15 is 0 Å². The van der Waals surface area contributed by atoms with Crippen molar-refractivity contribution in [3.8, 4) is 0 Å². The number of amides is 4. The van der Waals surface area contributed by atoms with Crippen LogP contribution < -0.4 is 21.3 Å². The molecule has 4 N–H and O–H groups in total. The van der Waals surface area contributed by atoms with Gasteiger partial charge in [0.1, 0.15) is 48.4 Å². The standard InChI is InChI=1S/C22H24F2N2O4.C21H22F2N2O4/c1-15(26-20(27)12-17-10-18(23)13-19(24)11-17)22(29)25-14-21(28)30-9-5-8-16-6-3-2-4-7-16;1-14(25-19(26)11-16-9-17(22)12-18(23)10-16)21(28)24-13-20(27)29-8-7-15-5-3-2-4-6-15/h2-4,6-7,10-11,13,15H,5,8-9,12,14H2,1H3,(H,25,29)(H,26,27);2-6,9-10,12,14H,7-8,11,13H2,1H3,(H,24,28)(H,25,26)/t15-;14-/m00/s1. The van der Waals surface area contributed by atoms with Gasteiger partial charge in [-0.25, -0.2) is 17.6 Å². The largest absolute Gasteiger partial charge is 0.464 e. The molecule has 0 fully saturated rings. The Hall–Kier alpha value is -6.58. The number of halogens is 4. The van der Waals surface area contributed by atoms with Gasteiger partial charge in [0.05, 0.1) is 26.1 Å². The van der Waals surface area contributed by atoms with E-state index in [0.29, 0.717) is 25.0 Å². The molecule has 0 unspecified atom stereocenters. The van der Waals surface area contributed by atoms with Gasteiger partial charge >= 0.3 is 11.9 Å². The molecule has 4 aromatic carbocycles. The maximum atomic E-state index is 13.2. The van der Waals surface area contributed by atoms with E-state index in [4.69, 9.17) is 9.47 Å². The molecule has 0 heterocycles. The smallest absolute Gasteiger partial charge is 0.325 e. The van der Waals surface area contributed by atoms with Crippen LogP contribution in [0.15, 0.2) is 97.1 Å². The average molecular weight is 823 g/mol. The topological polar surface area (TPSA) is 169 Å². The maximum absolute atomic E-state index is 13.2. The predicted molar refractivity (Wildman–Crippen MR) is 208 cm³/mol. The number of hydrogen-bond donors (Lipinski definition) is 4. The SMILES string of the molecule is C[C@H](NC(=O)Cc1cc(F)cc(F)c1)C(=O)NCC(=O)OCCCc1ccccc1.C[C@H](NC(=O)Cc1cc(F)cc(F)c1)C(=O)NCC(=O)OCCc1ccccc1. The molecule has 0 radical (unpaired) electrons. The predicted octanol–water partition coefficient (Wildman–Crippen LogP) is 4.22. The maximum Gasteiger partial charge on any atom is 0.325 e. The fourth-order valence-corrected chi connectivity index (χ4v) is 5.27. The first kappa shape index (κ1) is 46.8. The Morgan fingerprint density at radius 2 is 0.881 bits per heavy atom. The van der Waals surface area contributed by atoms with Gasteiger partial charge in [-0.1, -0.05) is 60.7 Å². The van der Waals surface area contributed by atoms with E-state index in [0.717, 1.165) is 41.8 Å². The van der Waals surface area contributed by atoms with Crippen LogP contribution in [0.4, 0.5) is 17.6 Å². The quantitative estimate of drug-likeness (QED) is 0.0620. The van der Waals surface area contributed by atoms with Gasteiger partial charge in [0.25, 0.3) is 0 Å². The first-order chi connectivity index (χ1) is 28.2. The van der Waals surface area contributed by atoms with Crippen LogP contribution in [0.3, 0.4) is 0 Å². The molecule has 59 heavy (non-hydrogen) atoms.